The maximum Gasteiger partial charge on any atom is 0.274 e. The van der Waals surface area contributed by atoms with Crippen LogP contribution in [-0.2, 0) is 0 Å². The molecule has 5 rings (SSSR count). The van der Waals surface area contributed by atoms with Crippen LogP contribution in [-0.4, -0.2) is 20.9 Å². The Kier molecular flexibility index (Phi) is 13.5. The Balaban J connectivity index is 0.000000921. The SMILES string of the molecule is CC.CC.CC.N#Cc1ccc2nccc(Nc3ccc(C(=O)Nc4ccc(Nc5ccncc5)cc4)nc3)c2c1. The first-order chi connectivity index (χ1) is 20.2. The second-order valence-corrected chi connectivity index (χ2v) is 7.65. The fraction of sp³-hybridized carbons (Fsp3) is 0.182. The zero-order valence-corrected chi connectivity index (χ0v) is 24.4. The number of pyridine rings is 3. The molecular formula is C33H37N7O. The Morgan fingerprint density at radius 2 is 1.32 bits per heavy atom. The third-order valence-electron chi connectivity index (χ3n) is 5.26. The van der Waals surface area contributed by atoms with E-state index in [0.717, 1.165) is 28.0 Å². The summed E-state index contributed by atoms with van der Waals surface area (Å²) in [5, 5.41) is 19.4. The molecule has 2 aromatic carbocycles. The summed E-state index contributed by atoms with van der Waals surface area (Å²) in [5.74, 6) is -0.306. The third kappa shape index (κ3) is 9.15. The van der Waals surface area contributed by atoms with Gasteiger partial charge in [0.1, 0.15) is 5.69 Å². The molecule has 0 saturated carbocycles. The van der Waals surface area contributed by atoms with Crippen molar-refractivity contribution in [2.24, 2.45) is 0 Å². The highest BCUT2D eigenvalue weighted by Gasteiger charge is 2.09. The fourth-order valence-electron chi connectivity index (χ4n) is 3.52. The maximum absolute atomic E-state index is 12.6. The Morgan fingerprint density at radius 3 is 1.95 bits per heavy atom. The van der Waals surface area contributed by atoms with Crippen molar-refractivity contribution in [1.29, 1.82) is 5.26 Å². The first-order valence-corrected chi connectivity index (χ1v) is 13.8. The summed E-state index contributed by atoms with van der Waals surface area (Å²) in [6.07, 6.45) is 6.73. The quantitative estimate of drug-likeness (QED) is 0.195. The van der Waals surface area contributed by atoms with Gasteiger partial charge in [-0.25, -0.2) is 4.98 Å². The Morgan fingerprint density at radius 1 is 0.683 bits per heavy atom. The van der Waals surface area contributed by atoms with Crippen molar-refractivity contribution in [3.8, 4) is 6.07 Å². The van der Waals surface area contributed by atoms with Crippen molar-refractivity contribution >= 4 is 45.2 Å². The standard InChI is InChI=1S/C27H19N7O.3C2H6/c28-16-18-1-7-24-23(15-18)25(11-14-30-24)33-22-6-8-26(31-17-22)27(35)34-20-4-2-19(3-5-20)32-21-9-12-29-13-10-21;3*1-2/h1-15,17H,(H,29,32)(H,30,33)(H,34,35);3*1-2H3. The summed E-state index contributed by atoms with van der Waals surface area (Å²) in [6, 6.07) is 23.9. The van der Waals surface area contributed by atoms with Crippen molar-refractivity contribution in [2.75, 3.05) is 16.0 Å². The van der Waals surface area contributed by atoms with Gasteiger partial charge in [0.2, 0.25) is 0 Å². The topological polar surface area (TPSA) is 116 Å². The minimum absolute atomic E-state index is 0.292. The molecule has 3 aromatic heterocycles. The van der Waals surface area contributed by atoms with Crippen LogP contribution in [0.25, 0.3) is 10.9 Å². The molecular weight excluding hydrogens is 510 g/mol. The Bertz CT molecular complexity index is 1530. The molecule has 0 saturated heterocycles. The molecule has 0 unspecified atom stereocenters. The minimum Gasteiger partial charge on any atom is -0.355 e. The van der Waals surface area contributed by atoms with Crippen LogP contribution in [0.4, 0.5) is 28.4 Å². The van der Waals surface area contributed by atoms with Crippen molar-refractivity contribution < 1.29 is 4.79 Å². The first kappa shape index (κ1) is 31.9. The van der Waals surface area contributed by atoms with Gasteiger partial charge < -0.3 is 16.0 Å². The molecule has 0 atom stereocenters. The van der Waals surface area contributed by atoms with E-state index in [0.29, 0.717) is 22.6 Å². The van der Waals surface area contributed by atoms with Crippen molar-refractivity contribution in [2.45, 2.75) is 41.5 Å². The van der Waals surface area contributed by atoms with Gasteiger partial charge in [-0.05, 0) is 72.8 Å². The number of nitriles is 1. The van der Waals surface area contributed by atoms with E-state index in [1.54, 1.807) is 49.1 Å². The molecule has 1 amide bonds. The molecule has 0 aliphatic rings. The van der Waals surface area contributed by atoms with E-state index in [9.17, 15) is 10.1 Å². The largest absolute Gasteiger partial charge is 0.355 e. The summed E-state index contributed by atoms with van der Waals surface area (Å²) in [4.78, 5) is 25.3. The fourth-order valence-corrected chi connectivity index (χ4v) is 3.52. The normalized spacial score (nSPS) is 9.29. The Labute approximate surface area is 242 Å². The van der Waals surface area contributed by atoms with Gasteiger partial charge in [0, 0.05) is 46.7 Å². The second kappa shape index (κ2) is 17.3. The number of hydrogen-bond donors (Lipinski definition) is 3. The molecule has 0 aliphatic heterocycles. The Hall–Kier alpha value is -5.29. The van der Waals surface area contributed by atoms with Crippen LogP contribution in [0.1, 0.15) is 57.6 Å². The van der Waals surface area contributed by atoms with E-state index < -0.39 is 0 Å². The molecule has 0 bridgehead atoms. The number of rotatable bonds is 6. The van der Waals surface area contributed by atoms with Crippen LogP contribution in [0.2, 0.25) is 0 Å². The highest BCUT2D eigenvalue weighted by Crippen LogP contribution is 2.26. The molecule has 0 spiro atoms. The predicted molar refractivity (Wildman–Crippen MR) is 170 cm³/mol. The van der Waals surface area contributed by atoms with Crippen LogP contribution in [0.5, 0.6) is 0 Å². The van der Waals surface area contributed by atoms with Gasteiger partial charge in [0.15, 0.2) is 0 Å². The number of carbonyl (C=O) groups is 1. The summed E-state index contributed by atoms with van der Waals surface area (Å²) >= 11 is 0. The molecule has 3 heterocycles. The number of carbonyl (C=O) groups excluding carboxylic acids is 1. The van der Waals surface area contributed by atoms with Crippen LogP contribution in [0.15, 0.2) is 97.6 Å². The molecule has 0 fully saturated rings. The smallest absolute Gasteiger partial charge is 0.274 e. The van der Waals surface area contributed by atoms with Crippen molar-refractivity contribution in [3.63, 3.8) is 0 Å². The van der Waals surface area contributed by atoms with E-state index >= 15 is 0 Å². The van der Waals surface area contributed by atoms with Crippen LogP contribution in [0, 0.1) is 11.3 Å². The van der Waals surface area contributed by atoms with Crippen LogP contribution in [0.3, 0.4) is 0 Å². The van der Waals surface area contributed by atoms with E-state index in [-0.39, 0.29) is 5.91 Å². The number of anilines is 5. The van der Waals surface area contributed by atoms with Gasteiger partial charge in [-0.2, -0.15) is 5.26 Å². The van der Waals surface area contributed by atoms with E-state index in [1.807, 2.05) is 90.1 Å². The average Bonchev–Trinajstić information content (AvgIpc) is 3.05. The van der Waals surface area contributed by atoms with Crippen molar-refractivity contribution in [1.82, 2.24) is 15.0 Å². The van der Waals surface area contributed by atoms with E-state index in [4.69, 9.17) is 0 Å². The zero-order valence-electron chi connectivity index (χ0n) is 24.4. The number of fused-ring (bicyclic) bond motifs is 1. The number of hydrogen-bond acceptors (Lipinski definition) is 7. The first-order valence-electron chi connectivity index (χ1n) is 13.8. The minimum atomic E-state index is -0.306. The molecule has 8 nitrogen and oxygen atoms in total. The lowest BCUT2D eigenvalue weighted by Gasteiger charge is -2.11. The molecule has 0 aliphatic carbocycles. The number of aromatic nitrogens is 3. The summed E-state index contributed by atoms with van der Waals surface area (Å²) in [6.45, 7) is 12.0. The molecule has 210 valence electrons. The number of benzene rings is 2. The maximum atomic E-state index is 12.6. The van der Waals surface area contributed by atoms with Gasteiger partial charge in [-0.3, -0.25) is 14.8 Å². The molecule has 0 radical (unpaired) electrons. The van der Waals surface area contributed by atoms with Crippen LogP contribution < -0.4 is 16.0 Å². The predicted octanol–water partition coefficient (Wildman–Crippen LogP) is 8.71. The number of nitrogens with zero attached hydrogens (tertiary/aromatic N) is 4. The van der Waals surface area contributed by atoms with Gasteiger partial charge in [0.05, 0.1) is 29.0 Å². The van der Waals surface area contributed by atoms with Crippen molar-refractivity contribution in [3.05, 3.63) is 109 Å². The van der Waals surface area contributed by atoms with Gasteiger partial charge in [-0.15, -0.1) is 0 Å². The van der Waals surface area contributed by atoms with Crippen LogP contribution >= 0.6 is 0 Å². The number of nitrogens with one attached hydrogen (secondary N) is 3. The molecule has 5 aromatic rings. The monoisotopic (exact) mass is 547 g/mol. The highest BCUT2D eigenvalue weighted by molar-refractivity contribution is 6.03. The summed E-state index contributed by atoms with van der Waals surface area (Å²) < 4.78 is 0. The lowest BCUT2D eigenvalue weighted by atomic mass is 10.1. The lowest BCUT2D eigenvalue weighted by molar-refractivity contribution is 0.102. The zero-order chi connectivity index (χ0) is 30.0. The van der Waals surface area contributed by atoms with Gasteiger partial charge in [0.25, 0.3) is 5.91 Å². The number of amides is 1. The molecule has 3 N–H and O–H groups in total. The average molecular weight is 548 g/mol. The van der Waals surface area contributed by atoms with Gasteiger partial charge >= 0.3 is 0 Å². The second-order valence-electron chi connectivity index (χ2n) is 7.65. The third-order valence-corrected chi connectivity index (χ3v) is 5.26. The molecule has 41 heavy (non-hydrogen) atoms. The van der Waals surface area contributed by atoms with Gasteiger partial charge in [-0.1, -0.05) is 41.5 Å². The molecule has 8 heteroatoms. The van der Waals surface area contributed by atoms with E-state index in [1.165, 1.54) is 0 Å². The lowest BCUT2D eigenvalue weighted by Crippen LogP contribution is -2.13. The summed E-state index contributed by atoms with van der Waals surface area (Å²) in [5.41, 5.74) is 5.62. The highest BCUT2D eigenvalue weighted by atomic mass is 16.1. The summed E-state index contributed by atoms with van der Waals surface area (Å²) in [7, 11) is 0. The van der Waals surface area contributed by atoms with E-state index in [2.05, 4.69) is 37.0 Å².